The number of nitrogens with one attached hydrogen (secondary N) is 1. The minimum Gasteiger partial charge on any atom is -0.508 e. The molecule has 2 fully saturated rings. The predicted molar refractivity (Wildman–Crippen MR) is 161 cm³/mol. The molecule has 0 amide bonds. The van der Waals surface area contributed by atoms with Crippen molar-refractivity contribution in [2.75, 3.05) is 26.2 Å². The first-order chi connectivity index (χ1) is 18.2. The summed E-state index contributed by atoms with van der Waals surface area (Å²) in [4.78, 5) is 2.16. The van der Waals surface area contributed by atoms with Gasteiger partial charge in [0.2, 0.25) is 0 Å². The van der Waals surface area contributed by atoms with Gasteiger partial charge in [-0.1, -0.05) is 58.6 Å². The molecule has 1 aromatic carbocycles. The smallest absolute Gasteiger partial charge is 0.119 e. The van der Waals surface area contributed by atoms with Crippen LogP contribution in [0, 0.1) is 12.8 Å². The van der Waals surface area contributed by atoms with Gasteiger partial charge in [-0.25, -0.2) is 0 Å². The molecular formula is C31H51N5O2. The maximum absolute atomic E-state index is 9.64. The van der Waals surface area contributed by atoms with Gasteiger partial charge in [-0.15, -0.1) is 0 Å². The molecule has 2 heterocycles. The van der Waals surface area contributed by atoms with Crippen LogP contribution in [0.4, 0.5) is 0 Å². The highest BCUT2D eigenvalue weighted by Gasteiger charge is 2.18. The number of ether oxygens (including phenoxy) is 1. The van der Waals surface area contributed by atoms with Crippen LogP contribution in [0.2, 0.25) is 0 Å². The van der Waals surface area contributed by atoms with Gasteiger partial charge in [0.1, 0.15) is 23.4 Å². The summed E-state index contributed by atoms with van der Waals surface area (Å²) in [6, 6.07) is 8.28. The fourth-order valence-corrected chi connectivity index (χ4v) is 4.43. The molecule has 2 aliphatic heterocycles. The number of nitrogens with two attached hydrogens (primary N) is 3. The second kappa shape index (κ2) is 18.0. The summed E-state index contributed by atoms with van der Waals surface area (Å²) in [6.45, 7) is 19.4. The monoisotopic (exact) mass is 525 g/mol. The molecule has 1 aromatic rings. The molecular weight excluding hydrogens is 474 g/mol. The van der Waals surface area contributed by atoms with Crippen LogP contribution in [0.5, 0.6) is 5.75 Å². The largest absolute Gasteiger partial charge is 0.508 e. The number of rotatable bonds is 7. The summed E-state index contributed by atoms with van der Waals surface area (Å²) in [6.07, 6.45) is 11.0. The fraction of sp³-hybridized carbons (Fsp3) is 0.484. The van der Waals surface area contributed by atoms with Crippen molar-refractivity contribution in [1.82, 2.24) is 10.2 Å². The first kappa shape index (κ1) is 32.7. The van der Waals surface area contributed by atoms with Crippen LogP contribution < -0.4 is 27.3 Å². The number of aryl methyl sites for hydroxylation is 1. The molecule has 7 nitrogen and oxygen atoms in total. The molecule has 0 aromatic heterocycles. The highest BCUT2D eigenvalue weighted by atomic mass is 16.5. The van der Waals surface area contributed by atoms with Crippen molar-refractivity contribution >= 4 is 0 Å². The van der Waals surface area contributed by atoms with Crippen LogP contribution in [0.3, 0.4) is 0 Å². The Morgan fingerprint density at radius 1 is 1.13 bits per heavy atom. The van der Waals surface area contributed by atoms with E-state index in [-0.39, 0.29) is 11.6 Å². The van der Waals surface area contributed by atoms with Gasteiger partial charge in [-0.3, -0.25) is 0 Å². The van der Waals surface area contributed by atoms with Crippen LogP contribution in [0.25, 0.3) is 0 Å². The van der Waals surface area contributed by atoms with Gasteiger partial charge in [0, 0.05) is 24.4 Å². The van der Waals surface area contributed by atoms with E-state index in [9.17, 15) is 5.11 Å². The van der Waals surface area contributed by atoms with Gasteiger partial charge < -0.3 is 37.3 Å². The minimum absolute atomic E-state index is 0.118. The fourth-order valence-electron chi connectivity index (χ4n) is 4.43. The lowest BCUT2D eigenvalue weighted by Crippen LogP contribution is -2.34. The van der Waals surface area contributed by atoms with E-state index in [1.165, 1.54) is 18.4 Å². The Morgan fingerprint density at radius 2 is 1.82 bits per heavy atom. The van der Waals surface area contributed by atoms with Gasteiger partial charge in [0.15, 0.2) is 0 Å². The van der Waals surface area contributed by atoms with Gasteiger partial charge in [-0.05, 0) is 81.5 Å². The van der Waals surface area contributed by atoms with Crippen LogP contribution in [0.15, 0.2) is 84.2 Å². The van der Waals surface area contributed by atoms with Gasteiger partial charge >= 0.3 is 0 Å². The van der Waals surface area contributed by atoms with Crippen LogP contribution in [-0.4, -0.2) is 42.3 Å². The van der Waals surface area contributed by atoms with Gasteiger partial charge in [0.05, 0.1) is 5.70 Å². The Balaban J connectivity index is 0.000000385. The number of nitrogens with zero attached hydrogens (tertiary/aromatic N) is 1. The summed E-state index contributed by atoms with van der Waals surface area (Å²) in [5.74, 6) is 1.69. The second-order valence-corrected chi connectivity index (χ2v) is 9.63. The second-order valence-electron chi connectivity index (χ2n) is 9.63. The number of likely N-dealkylation sites (tertiary alicyclic amines) is 1. The predicted octanol–water partition coefficient (Wildman–Crippen LogP) is 5.37. The molecule has 0 saturated carbocycles. The van der Waals surface area contributed by atoms with Crippen molar-refractivity contribution in [3.8, 4) is 5.75 Å². The molecule has 8 N–H and O–H groups in total. The molecule has 0 radical (unpaired) electrons. The summed E-state index contributed by atoms with van der Waals surface area (Å²) in [7, 11) is 0. The van der Waals surface area contributed by atoms with E-state index < -0.39 is 0 Å². The van der Waals surface area contributed by atoms with E-state index in [1.807, 2.05) is 26.0 Å². The average Bonchev–Trinajstić information content (AvgIpc) is 3.11. The lowest BCUT2D eigenvalue weighted by Gasteiger charge is -2.27. The lowest BCUT2D eigenvalue weighted by molar-refractivity contribution is 0.162. The van der Waals surface area contributed by atoms with Crippen molar-refractivity contribution in [3.63, 3.8) is 0 Å². The molecule has 38 heavy (non-hydrogen) atoms. The number of allylic oxidation sites excluding steroid dienone is 3. The number of aliphatic hydroxyl groups excluding tert-OH is 1. The Bertz CT molecular complexity index is 957. The van der Waals surface area contributed by atoms with Gasteiger partial charge in [-0.2, -0.15) is 0 Å². The Kier molecular flexibility index (Phi) is 15.5. The van der Waals surface area contributed by atoms with E-state index in [0.717, 1.165) is 51.2 Å². The number of hydrogen-bond acceptors (Lipinski definition) is 7. The van der Waals surface area contributed by atoms with Crippen molar-refractivity contribution in [1.29, 1.82) is 0 Å². The van der Waals surface area contributed by atoms with Gasteiger partial charge in [0.25, 0.3) is 0 Å². The summed E-state index contributed by atoms with van der Waals surface area (Å²) < 4.78 is 5.90. The molecule has 0 aliphatic carbocycles. The summed E-state index contributed by atoms with van der Waals surface area (Å²) >= 11 is 0. The zero-order valence-electron chi connectivity index (χ0n) is 24.0. The standard InChI is InChI=1S/C17H28N4O.C12H17NO.C2H6/c1-4-7-14(13(3)22)15(18)10-16(17(19)20)21-9-6-5-8-12(2)11-21;1-10-3-2-4-12(9-10)14-11-5-7-13-8-6-11;1-2/h4,7,10,12,22H,1,3,5-6,8-9,11,18-20H2,2H3;2-4,9,11,13H,5-8H2,1H3;1-2H3/b14-7+,15-10-;;. The zero-order chi connectivity index (χ0) is 28.5. The normalized spacial score (nSPS) is 18.5. The van der Waals surface area contributed by atoms with Crippen molar-refractivity contribution < 1.29 is 9.84 Å². The van der Waals surface area contributed by atoms with Crippen molar-refractivity contribution in [3.05, 3.63) is 89.8 Å². The van der Waals surface area contributed by atoms with E-state index in [2.05, 4.69) is 49.4 Å². The molecule has 0 bridgehead atoms. The first-order valence-electron chi connectivity index (χ1n) is 13.8. The number of benzene rings is 1. The quantitative estimate of drug-likeness (QED) is 0.239. The van der Waals surface area contributed by atoms with Crippen LogP contribution in [0.1, 0.15) is 58.4 Å². The van der Waals surface area contributed by atoms with Crippen molar-refractivity contribution in [2.45, 2.75) is 65.9 Å². The van der Waals surface area contributed by atoms with E-state index in [0.29, 0.717) is 29.0 Å². The average molecular weight is 526 g/mol. The summed E-state index contributed by atoms with van der Waals surface area (Å²) in [5, 5.41) is 13.0. The molecule has 1 atom stereocenters. The highest BCUT2D eigenvalue weighted by Crippen LogP contribution is 2.22. The Hall–Kier alpha value is -3.32. The molecule has 3 rings (SSSR count). The van der Waals surface area contributed by atoms with Crippen molar-refractivity contribution in [2.24, 2.45) is 23.1 Å². The maximum atomic E-state index is 9.64. The molecule has 7 heteroatoms. The SMILES string of the molecule is C=C/C=C(C(=C)O)/C(N)=C/C(=C(N)N)N1CCCCC(C)C1.CC.Cc1cccc(OC2CCNCC2)c1. The lowest BCUT2D eigenvalue weighted by atomic mass is 10.1. The Morgan fingerprint density at radius 3 is 2.39 bits per heavy atom. The first-order valence-corrected chi connectivity index (χ1v) is 13.8. The minimum atomic E-state index is -0.118. The number of piperidine rings is 1. The molecule has 2 aliphatic rings. The number of hydrogen-bond donors (Lipinski definition) is 5. The third kappa shape index (κ3) is 11.8. The number of aliphatic hydroxyl groups is 1. The van der Waals surface area contributed by atoms with E-state index in [4.69, 9.17) is 21.9 Å². The Labute approximate surface area is 230 Å². The highest BCUT2D eigenvalue weighted by molar-refractivity contribution is 5.45. The topological polar surface area (TPSA) is 123 Å². The van der Waals surface area contributed by atoms with E-state index in [1.54, 1.807) is 18.2 Å². The molecule has 0 spiro atoms. The molecule has 1 unspecified atom stereocenters. The summed E-state index contributed by atoms with van der Waals surface area (Å²) in [5.41, 5.74) is 20.5. The third-order valence-electron chi connectivity index (χ3n) is 6.32. The molecule has 212 valence electrons. The maximum Gasteiger partial charge on any atom is 0.119 e. The zero-order valence-corrected chi connectivity index (χ0v) is 24.0. The third-order valence-corrected chi connectivity index (χ3v) is 6.32. The van der Waals surface area contributed by atoms with Crippen LogP contribution in [-0.2, 0) is 0 Å². The van der Waals surface area contributed by atoms with E-state index >= 15 is 0 Å². The van der Waals surface area contributed by atoms with Crippen LogP contribution >= 0.6 is 0 Å². The molecule has 2 saturated heterocycles.